The van der Waals surface area contributed by atoms with Crippen LogP contribution in [-0.4, -0.2) is 20.8 Å². The van der Waals surface area contributed by atoms with Gasteiger partial charge < -0.3 is 14.4 Å². The van der Waals surface area contributed by atoms with Crippen LogP contribution < -0.4 is 18.9 Å². The smallest absolute Gasteiger partial charge is 0.262 e. The average molecular weight is 630 g/mol. The Kier molecular flexibility index (Phi) is 10.2. The molecule has 0 radical (unpaired) electrons. The van der Waals surface area contributed by atoms with E-state index in [2.05, 4.69) is 137 Å². The maximum atomic E-state index is 5.42. The summed E-state index contributed by atoms with van der Waals surface area (Å²) in [7, 11) is 3.44. The van der Waals surface area contributed by atoms with Gasteiger partial charge in [-0.1, -0.05) is 102 Å². The molecule has 4 nitrogen and oxygen atoms in total. The summed E-state index contributed by atoms with van der Waals surface area (Å²) in [6, 6.07) is 34.0. The number of aryl methyl sites for hydroxylation is 2. The third kappa shape index (κ3) is 7.59. The number of rotatable bonds is 12. The van der Waals surface area contributed by atoms with Crippen LogP contribution in [-0.2, 0) is 19.4 Å². The summed E-state index contributed by atoms with van der Waals surface area (Å²) < 4.78 is 14.6. The molecule has 5 aromatic rings. The fourth-order valence-corrected chi connectivity index (χ4v) is 7.62. The Bertz CT molecular complexity index is 1890. The van der Waals surface area contributed by atoms with Gasteiger partial charge in [-0.15, -0.1) is 0 Å². The van der Waals surface area contributed by atoms with E-state index in [1.54, 1.807) is 14.2 Å². The second-order valence-electron chi connectivity index (χ2n) is 10.6. The molecule has 0 amide bonds. The monoisotopic (exact) mass is 629 g/mol. The summed E-state index contributed by atoms with van der Waals surface area (Å²) >= 11 is 3.65. The summed E-state index contributed by atoms with van der Waals surface area (Å²) in [4.78, 5) is 3.71. The van der Waals surface area contributed by atoms with Gasteiger partial charge in [0.05, 0.1) is 24.9 Å². The quantitative estimate of drug-likeness (QED) is 0.101. The largest absolute Gasteiger partial charge is 0.497 e. The van der Waals surface area contributed by atoms with Crippen LogP contribution in [0.2, 0.25) is 0 Å². The zero-order valence-electron chi connectivity index (χ0n) is 25.6. The number of allylic oxidation sites excluding steroid dienone is 6. The summed E-state index contributed by atoms with van der Waals surface area (Å²) in [5, 5.41) is 2.48. The van der Waals surface area contributed by atoms with Gasteiger partial charge in [0, 0.05) is 30.0 Å². The topological polar surface area (TPSA) is 25.6 Å². The zero-order valence-corrected chi connectivity index (χ0v) is 27.3. The summed E-state index contributed by atoms with van der Waals surface area (Å²) in [5.41, 5.74) is 5.08. The second-order valence-corrected chi connectivity index (χ2v) is 12.7. The Hall–Kier alpha value is -4.52. The van der Waals surface area contributed by atoms with E-state index in [0.29, 0.717) is 0 Å². The average Bonchev–Trinajstić information content (AvgIpc) is 3.63. The van der Waals surface area contributed by atoms with Gasteiger partial charge in [0.25, 0.3) is 5.01 Å². The number of thiazole rings is 1. The van der Waals surface area contributed by atoms with Crippen molar-refractivity contribution >= 4 is 45.1 Å². The van der Waals surface area contributed by atoms with Crippen molar-refractivity contribution in [2.24, 2.45) is 0 Å². The van der Waals surface area contributed by atoms with E-state index in [4.69, 9.17) is 9.47 Å². The van der Waals surface area contributed by atoms with Crippen LogP contribution in [0.1, 0.15) is 16.1 Å². The van der Waals surface area contributed by atoms with Crippen LogP contribution in [0, 0.1) is 0 Å². The molecule has 1 aromatic heterocycles. The molecule has 1 aliphatic heterocycles. The molecule has 1 aliphatic rings. The lowest BCUT2D eigenvalue weighted by Gasteiger charge is -2.20. The van der Waals surface area contributed by atoms with Crippen LogP contribution in [0.25, 0.3) is 16.3 Å². The minimum Gasteiger partial charge on any atom is -0.497 e. The van der Waals surface area contributed by atoms with Gasteiger partial charge in [-0.05, 0) is 66.1 Å². The maximum Gasteiger partial charge on any atom is 0.262 e. The molecule has 0 unspecified atom stereocenters. The summed E-state index contributed by atoms with van der Waals surface area (Å²) in [6.07, 6.45) is 16.9. The highest BCUT2D eigenvalue weighted by Gasteiger charge is 2.24. The van der Waals surface area contributed by atoms with E-state index < -0.39 is 0 Å². The Labute approximate surface area is 274 Å². The van der Waals surface area contributed by atoms with Crippen LogP contribution >= 0.6 is 23.1 Å². The lowest BCUT2D eigenvalue weighted by Crippen LogP contribution is -2.36. The second kappa shape index (κ2) is 15.0. The Morgan fingerprint density at radius 2 is 1.40 bits per heavy atom. The molecular weight excluding hydrogens is 593 g/mol. The number of thioether (sulfide) groups is 1. The van der Waals surface area contributed by atoms with E-state index in [-0.39, 0.29) is 0 Å². The van der Waals surface area contributed by atoms with E-state index in [9.17, 15) is 0 Å². The normalized spacial score (nSPS) is 14.0. The summed E-state index contributed by atoms with van der Waals surface area (Å²) in [5.74, 6) is 1.80. The number of benzene rings is 4. The van der Waals surface area contributed by atoms with Crippen molar-refractivity contribution in [2.45, 2.75) is 24.3 Å². The van der Waals surface area contributed by atoms with Gasteiger partial charge >= 0.3 is 0 Å². The van der Waals surface area contributed by atoms with Crippen LogP contribution in [0.4, 0.5) is 5.69 Å². The maximum absolute atomic E-state index is 5.42. The molecule has 0 fully saturated rings. The van der Waals surface area contributed by atoms with Crippen molar-refractivity contribution in [1.29, 1.82) is 0 Å². The summed E-state index contributed by atoms with van der Waals surface area (Å²) in [6.45, 7) is 1.81. The van der Waals surface area contributed by atoms with Crippen molar-refractivity contribution in [1.82, 2.24) is 0 Å². The number of hydrogen-bond acceptors (Lipinski definition) is 5. The van der Waals surface area contributed by atoms with E-state index in [1.165, 1.54) is 42.0 Å². The van der Waals surface area contributed by atoms with Crippen LogP contribution in [0.5, 0.6) is 11.5 Å². The Balaban J connectivity index is 1.12. The minimum atomic E-state index is 0.902. The van der Waals surface area contributed by atoms with Crippen LogP contribution in [0.3, 0.4) is 0 Å². The van der Waals surface area contributed by atoms with Gasteiger partial charge in [0.1, 0.15) is 16.2 Å². The van der Waals surface area contributed by atoms with Gasteiger partial charge in [0.15, 0.2) is 6.54 Å². The minimum absolute atomic E-state index is 0.902. The van der Waals surface area contributed by atoms with Crippen molar-refractivity contribution in [2.75, 3.05) is 25.7 Å². The molecule has 0 N–H and O–H groups in total. The molecule has 0 saturated heterocycles. The third-order valence-electron chi connectivity index (χ3n) is 7.71. The molecule has 45 heavy (non-hydrogen) atoms. The molecule has 0 atom stereocenters. The molecule has 0 bridgehead atoms. The number of hydrogen-bond donors (Lipinski definition) is 0. The predicted octanol–water partition coefficient (Wildman–Crippen LogP) is 9.27. The fraction of sp³-hybridized carbons (Fsp3) is 0.154. The highest BCUT2D eigenvalue weighted by atomic mass is 32.2. The number of methoxy groups -OCH3 is 2. The van der Waals surface area contributed by atoms with E-state index >= 15 is 0 Å². The van der Waals surface area contributed by atoms with Crippen molar-refractivity contribution in [3.63, 3.8) is 0 Å². The van der Waals surface area contributed by atoms with Gasteiger partial charge in [-0.25, -0.2) is 0 Å². The number of anilines is 1. The highest BCUT2D eigenvalue weighted by molar-refractivity contribution is 8.03. The number of ether oxygens (including phenoxy) is 2. The number of aromatic nitrogens is 1. The Morgan fingerprint density at radius 3 is 2.20 bits per heavy atom. The van der Waals surface area contributed by atoms with E-state index in [1.807, 2.05) is 35.2 Å². The molecule has 0 saturated carbocycles. The molecule has 4 aromatic carbocycles. The first-order chi connectivity index (χ1) is 22.2. The first kappa shape index (κ1) is 30.5. The lowest BCUT2D eigenvalue weighted by atomic mass is 10.1. The highest BCUT2D eigenvalue weighted by Crippen LogP contribution is 2.45. The number of para-hydroxylation sites is 2. The first-order valence-electron chi connectivity index (χ1n) is 15.2. The number of nitrogens with zero attached hydrogens (tertiary/aromatic N) is 2. The van der Waals surface area contributed by atoms with Gasteiger partial charge in [-0.2, -0.15) is 4.57 Å². The lowest BCUT2D eigenvalue weighted by molar-refractivity contribution is -0.668. The third-order valence-corrected chi connectivity index (χ3v) is 9.97. The van der Waals surface area contributed by atoms with Crippen molar-refractivity contribution in [3.8, 4) is 11.5 Å². The molecule has 226 valence electrons. The van der Waals surface area contributed by atoms with E-state index in [0.717, 1.165) is 37.4 Å². The first-order valence-corrected chi connectivity index (χ1v) is 16.8. The van der Waals surface area contributed by atoms with Gasteiger partial charge in [0.2, 0.25) is 5.52 Å². The van der Waals surface area contributed by atoms with Gasteiger partial charge in [-0.3, -0.25) is 0 Å². The predicted molar refractivity (Wildman–Crippen MR) is 190 cm³/mol. The fourth-order valence-electron chi connectivity index (χ4n) is 5.42. The molecule has 6 heteroatoms. The molecule has 2 heterocycles. The Morgan fingerprint density at radius 1 is 0.711 bits per heavy atom. The SMILES string of the molecule is COc1cccc(CCN2C(=CC=CC=CC=Cc3sc4ccccc4[n+]3CCc3cccc(OC)c3)Sc3ccccc32)c1. The molecular formula is C39H37N2O2S2+. The van der Waals surface area contributed by atoms with Crippen LogP contribution in [0.15, 0.2) is 143 Å². The molecule has 0 spiro atoms. The molecule has 0 aliphatic carbocycles. The van der Waals surface area contributed by atoms with Crippen molar-refractivity contribution < 1.29 is 14.0 Å². The molecule has 6 rings (SSSR count). The standard InChI is InChI=1S/C39H37N2O2S2/c1-42-32-16-12-14-30(28-32)24-26-40-34-18-8-10-20-36(34)44-38(40)22-6-4-3-5-7-23-39-41(35-19-9-11-21-37(35)45-39)27-25-31-15-13-17-33(29-31)43-2/h3-23,28-29H,24-27H2,1-2H3/q+1. The van der Waals surface area contributed by atoms with Crippen molar-refractivity contribution in [3.05, 3.63) is 155 Å². The number of fused-ring (bicyclic) bond motifs is 2. The zero-order chi connectivity index (χ0) is 30.8.